The predicted octanol–water partition coefficient (Wildman–Crippen LogP) is 5.34. The average molecular weight is 570 g/mol. The molecule has 0 saturated carbocycles. The number of nitrogens with one attached hydrogen (secondary N) is 1. The van der Waals surface area contributed by atoms with Gasteiger partial charge in [0.2, 0.25) is 11.8 Å². The van der Waals surface area contributed by atoms with Crippen LogP contribution in [0.4, 0.5) is 5.69 Å². The number of benzene rings is 3. The van der Waals surface area contributed by atoms with Crippen molar-refractivity contribution in [2.75, 3.05) is 17.4 Å². The van der Waals surface area contributed by atoms with Crippen molar-refractivity contribution in [2.24, 2.45) is 5.92 Å². The SMILES string of the molecule is Cc1ccc(N(CC(=O)N(Cc2cccc(Cl)c2)[C@H](C)C(=O)NCC(C)C)S(=O)(=O)c2ccccc2)cc1C. The summed E-state index contributed by atoms with van der Waals surface area (Å²) in [4.78, 5) is 28.4. The van der Waals surface area contributed by atoms with Crippen molar-refractivity contribution < 1.29 is 18.0 Å². The van der Waals surface area contributed by atoms with Gasteiger partial charge in [0.1, 0.15) is 12.6 Å². The lowest BCUT2D eigenvalue weighted by atomic mass is 10.1. The lowest BCUT2D eigenvalue weighted by Gasteiger charge is -2.32. The molecule has 0 saturated heterocycles. The van der Waals surface area contributed by atoms with Crippen molar-refractivity contribution in [3.63, 3.8) is 0 Å². The van der Waals surface area contributed by atoms with E-state index in [4.69, 9.17) is 11.6 Å². The summed E-state index contributed by atoms with van der Waals surface area (Å²) in [6.45, 7) is 9.49. The summed E-state index contributed by atoms with van der Waals surface area (Å²) < 4.78 is 28.8. The molecule has 3 rings (SSSR count). The van der Waals surface area contributed by atoms with E-state index >= 15 is 0 Å². The maximum Gasteiger partial charge on any atom is 0.264 e. The Morgan fingerprint density at radius 3 is 2.21 bits per heavy atom. The normalized spacial score (nSPS) is 12.2. The summed E-state index contributed by atoms with van der Waals surface area (Å²) in [7, 11) is -4.10. The fraction of sp³-hybridized carbons (Fsp3) is 0.333. The first-order valence-electron chi connectivity index (χ1n) is 12.9. The first kappa shape index (κ1) is 30.2. The third-order valence-corrected chi connectivity index (χ3v) is 8.51. The van der Waals surface area contributed by atoms with Crippen LogP contribution in [-0.4, -0.2) is 44.3 Å². The molecular weight excluding hydrogens is 534 g/mol. The minimum absolute atomic E-state index is 0.0696. The van der Waals surface area contributed by atoms with E-state index in [0.717, 1.165) is 21.0 Å². The third kappa shape index (κ3) is 7.83. The van der Waals surface area contributed by atoms with Crippen LogP contribution in [0.15, 0.2) is 77.7 Å². The summed E-state index contributed by atoms with van der Waals surface area (Å²) in [5.41, 5.74) is 2.99. The Morgan fingerprint density at radius 2 is 1.59 bits per heavy atom. The number of hydrogen-bond acceptors (Lipinski definition) is 4. The topological polar surface area (TPSA) is 86.8 Å². The van der Waals surface area contributed by atoms with Crippen LogP contribution < -0.4 is 9.62 Å². The summed E-state index contributed by atoms with van der Waals surface area (Å²) in [6, 6.07) is 19.5. The molecule has 0 aromatic heterocycles. The molecule has 0 aliphatic carbocycles. The lowest BCUT2D eigenvalue weighted by Crippen LogP contribution is -2.51. The lowest BCUT2D eigenvalue weighted by molar-refractivity contribution is -0.139. The van der Waals surface area contributed by atoms with Crippen molar-refractivity contribution in [1.82, 2.24) is 10.2 Å². The smallest absolute Gasteiger partial charge is 0.264 e. The van der Waals surface area contributed by atoms with E-state index in [1.165, 1.54) is 17.0 Å². The number of anilines is 1. The Morgan fingerprint density at radius 1 is 0.897 bits per heavy atom. The Kier molecular flexibility index (Phi) is 10.2. The van der Waals surface area contributed by atoms with E-state index in [1.807, 2.05) is 39.8 Å². The highest BCUT2D eigenvalue weighted by atomic mass is 35.5. The number of rotatable bonds is 11. The number of hydrogen-bond donors (Lipinski definition) is 1. The van der Waals surface area contributed by atoms with E-state index in [2.05, 4.69) is 5.32 Å². The van der Waals surface area contributed by atoms with Gasteiger partial charge in [-0.25, -0.2) is 8.42 Å². The zero-order chi connectivity index (χ0) is 28.7. The first-order chi connectivity index (χ1) is 18.4. The standard InChI is InChI=1S/C30H36ClN3O4S/c1-21(2)18-32-30(36)24(5)33(19-25-10-9-11-26(31)17-25)29(35)20-34(27-15-14-22(3)23(4)16-27)39(37,38)28-12-7-6-8-13-28/h6-17,21,24H,18-20H2,1-5H3,(H,32,36)/t24-/m1/s1. The Bertz CT molecular complexity index is 1410. The molecule has 0 aliphatic heterocycles. The molecule has 3 aromatic rings. The second-order valence-corrected chi connectivity index (χ2v) is 12.4. The Labute approximate surface area is 236 Å². The van der Waals surface area contributed by atoms with Crippen LogP contribution >= 0.6 is 11.6 Å². The highest BCUT2D eigenvalue weighted by Crippen LogP contribution is 2.26. The largest absolute Gasteiger partial charge is 0.354 e. The highest BCUT2D eigenvalue weighted by Gasteiger charge is 2.32. The molecule has 0 fully saturated rings. The van der Waals surface area contributed by atoms with E-state index in [0.29, 0.717) is 17.3 Å². The van der Waals surface area contributed by atoms with Gasteiger partial charge < -0.3 is 10.2 Å². The molecule has 0 spiro atoms. The number of carbonyl (C=O) groups is 2. The van der Waals surface area contributed by atoms with Crippen LogP contribution in [0, 0.1) is 19.8 Å². The molecule has 39 heavy (non-hydrogen) atoms. The molecule has 0 heterocycles. The van der Waals surface area contributed by atoms with Gasteiger partial charge in [-0.3, -0.25) is 13.9 Å². The molecule has 208 valence electrons. The van der Waals surface area contributed by atoms with Gasteiger partial charge in [-0.2, -0.15) is 0 Å². The van der Waals surface area contributed by atoms with Gasteiger partial charge in [-0.05, 0) is 79.8 Å². The van der Waals surface area contributed by atoms with Crippen LogP contribution in [0.25, 0.3) is 0 Å². The maximum atomic E-state index is 13.9. The molecule has 9 heteroatoms. The fourth-order valence-electron chi connectivity index (χ4n) is 4.00. The second-order valence-electron chi connectivity index (χ2n) is 10.1. The zero-order valence-electron chi connectivity index (χ0n) is 23.0. The van der Waals surface area contributed by atoms with Crippen LogP contribution in [0.2, 0.25) is 5.02 Å². The maximum absolute atomic E-state index is 13.9. The quantitative estimate of drug-likeness (QED) is 0.338. The van der Waals surface area contributed by atoms with Gasteiger partial charge in [-0.1, -0.05) is 61.8 Å². The predicted molar refractivity (Wildman–Crippen MR) is 156 cm³/mol. The number of aryl methyl sites for hydroxylation is 2. The van der Waals surface area contributed by atoms with Gasteiger partial charge in [0.05, 0.1) is 10.6 Å². The molecule has 0 bridgehead atoms. The molecule has 0 radical (unpaired) electrons. The van der Waals surface area contributed by atoms with Crippen molar-refractivity contribution in [1.29, 1.82) is 0 Å². The van der Waals surface area contributed by atoms with Gasteiger partial charge in [0.25, 0.3) is 10.0 Å². The van der Waals surface area contributed by atoms with Gasteiger partial charge in [-0.15, -0.1) is 0 Å². The van der Waals surface area contributed by atoms with Crippen molar-refractivity contribution in [3.05, 3.63) is 94.5 Å². The number of halogens is 1. The van der Waals surface area contributed by atoms with Crippen molar-refractivity contribution in [2.45, 2.75) is 52.1 Å². The summed E-state index contributed by atoms with van der Waals surface area (Å²) >= 11 is 6.18. The Balaban J connectivity index is 2.03. The van der Waals surface area contributed by atoms with Gasteiger partial charge >= 0.3 is 0 Å². The van der Waals surface area contributed by atoms with E-state index < -0.39 is 28.5 Å². The minimum Gasteiger partial charge on any atom is -0.354 e. The Hall–Kier alpha value is -3.36. The minimum atomic E-state index is -4.10. The molecule has 1 atom stereocenters. The number of sulfonamides is 1. The van der Waals surface area contributed by atoms with Crippen LogP contribution in [0.3, 0.4) is 0 Å². The van der Waals surface area contributed by atoms with Crippen LogP contribution in [-0.2, 0) is 26.2 Å². The third-order valence-electron chi connectivity index (χ3n) is 6.48. The van der Waals surface area contributed by atoms with E-state index in [1.54, 1.807) is 55.5 Å². The zero-order valence-corrected chi connectivity index (χ0v) is 24.6. The molecule has 1 N–H and O–H groups in total. The molecule has 2 amide bonds. The molecule has 0 aliphatic rings. The number of nitrogens with zero attached hydrogens (tertiary/aromatic N) is 2. The van der Waals surface area contributed by atoms with Gasteiger partial charge in [0, 0.05) is 18.1 Å². The fourth-order valence-corrected chi connectivity index (χ4v) is 5.64. The van der Waals surface area contributed by atoms with Crippen molar-refractivity contribution in [3.8, 4) is 0 Å². The average Bonchev–Trinajstić information content (AvgIpc) is 2.90. The summed E-state index contributed by atoms with van der Waals surface area (Å²) in [5, 5.41) is 3.38. The van der Waals surface area contributed by atoms with E-state index in [9.17, 15) is 18.0 Å². The van der Waals surface area contributed by atoms with Crippen LogP contribution in [0.5, 0.6) is 0 Å². The molecule has 7 nitrogen and oxygen atoms in total. The monoisotopic (exact) mass is 569 g/mol. The molecule has 3 aromatic carbocycles. The highest BCUT2D eigenvalue weighted by molar-refractivity contribution is 7.92. The van der Waals surface area contributed by atoms with E-state index in [-0.39, 0.29) is 23.3 Å². The second kappa shape index (κ2) is 13.1. The summed E-state index contributed by atoms with van der Waals surface area (Å²) in [5.74, 6) is -0.600. The number of carbonyl (C=O) groups excluding carboxylic acids is 2. The van der Waals surface area contributed by atoms with Crippen LogP contribution in [0.1, 0.15) is 37.5 Å². The number of amides is 2. The first-order valence-corrected chi connectivity index (χ1v) is 14.7. The molecule has 0 unspecified atom stereocenters. The molecular formula is C30H36ClN3O4S. The van der Waals surface area contributed by atoms with Gasteiger partial charge in [0.15, 0.2) is 0 Å². The van der Waals surface area contributed by atoms with Crippen molar-refractivity contribution >= 4 is 39.1 Å². The summed E-state index contributed by atoms with van der Waals surface area (Å²) in [6.07, 6.45) is 0.